The van der Waals surface area contributed by atoms with E-state index in [4.69, 9.17) is 17.3 Å². The van der Waals surface area contributed by atoms with Crippen LogP contribution < -0.4 is 0 Å². The molecule has 1 aliphatic heterocycles. The topological polar surface area (TPSA) is 20.2 Å². The molecule has 1 atom stereocenters. The molecule has 1 rings (SSSR count). The van der Waals surface area contributed by atoms with Crippen LogP contribution in [0, 0.1) is 0 Å². The Labute approximate surface area is 55.9 Å². The number of hydrogen-bond acceptors (Lipinski definition) is 4. The highest BCUT2D eigenvalue weighted by atomic mass is 32.2. The highest BCUT2D eigenvalue weighted by molar-refractivity contribution is 8.49. The summed E-state index contributed by atoms with van der Waals surface area (Å²) in [5.41, 5.74) is -0.238. The molecule has 0 aliphatic carbocycles. The molecule has 0 aromatic rings. The maximum atomic E-state index is 8.75. The van der Waals surface area contributed by atoms with Crippen molar-refractivity contribution in [2.75, 3.05) is 5.75 Å². The highest BCUT2D eigenvalue weighted by Gasteiger charge is 2.16. The lowest BCUT2D eigenvalue weighted by Crippen LogP contribution is -1.95. The molecule has 4 heteroatoms. The van der Waals surface area contributed by atoms with Gasteiger partial charge in [0.25, 0.3) is 0 Å². The first kappa shape index (κ1) is 5.88. The third-order valence-corrected chi connectivity index (χ3v) is 3.42. The van der Waals surface area contributed by atoms with Crippen LogP contribution in [0.25, 0.3) is 0 Å². The third kappa shape index (κ3) is 1.60. The number of rotatable bonds is 0. The standard InChI is InChI=1S/C3H4OS3/c4-2-1-6-3(5)7-2/h2,4H,1H2. The van der Waals surface area contributed by atoms with Crippen molar-refractivity contribution in [1.29, 1.82) is 0 Å². The summed E-state index contributed by atoms with van der Waals surface area (Å²) < 4.78 is 0.868. The summed E-state index contributed by atoms with van der Waals surface area (Å²) in [6, 6.07) is 0. The Bertz CT molecular complexity index is 92.2. The van der Waals surface area contributed by atoms with Gasteiger partial charge in [-0.3, -0.25) is 0 Å². The maximum Gasteiger partial charge on any atom is 0.114 e. The zero-order valence-corrected chi connectivity index (χ0v) is 5.91. The van der Waals surface area contributed by atoms with E-state index in [9.17, 15) is 0 Å². The molecule has 1 saturated heterocycles. The van der Waals surface area contributed by atoms with Gasteiger partial charge in [0.15, 0.2) is 0 Å². The van der Waals surface area contributed by atoms with Crippen LogP contribution in [0.3, 0.4) is 0 Å². The van der Waals surface area contributed by atoms with Crippen molar-refractivity contribution in [2.45, 2.75) is 5.44 Å². The second kappa shape index (κ2) is 2.35. The number of aliphatic hydroxyl groups excluding tert-OH is 1. The summed E-state index contributed by atoms with van der Waals surface area (Å²) in [6.07, 6.45) is 0. The Hall–Kier alpha value is 0.750. The summed E-state index contributed by atoms with van der Waals surface area (Å²) in [5, 5.41) is 8.75. The number of thioether (sulfide) groups is 2. The van der Waals surface area contributed by atoms with Gasteiger partial charge < -0.3 is 5.11 Å². The van der Waals surface area contributed by atoms with Crippen molar-refractivity contribution in [2.24, 2.45) is 0 Å². The van der Waals surface area contributed by atoms with Crippen LogP contribution in [-0.4, -0.2) is 19.8 Å². The average Bonchev–Trinajstić information content (AvgIpc) is 1.87. The van der Waals surface area contributed by atoms with Gasteiger partial charge in [0.2, 0.25) is 0 Å². The third-order valence-electron chi connectivity index (χ3n) is 0.576. The summed E-state index contributed by atoms with van der Waals surface area (Å²) in [6.45, 7) is 0. The molecule has 1 nitrogen and oxygen atoms in total. The molecule has 1 N–H and O–H groups in total. The van der Waals surface area contributed by atoms with Crippen molar-refractivity contribution in [3.05, 3.63) is 0 Å². The van der Waals surface area contributed by atoms with Crippen LogP contribution in [0.5, 0.6) is 0 Å². The van der Waals surface area contributed by atoms with E-state index in [2.05, 4.69) is 0 Å². The van der Waals surface area contributed by atoms with Crippen LogP contribution in [0.15, 0.2) is 0 Å². The van der Waals surface area contributed by atoms with Gasteiger partial charge in [0, 0.05) is 5.75 Å². The van der Waals surface area contributed by atoms with E-state index in [1.54, 1.807) is 11.8 Å². The summed E-state index contributed by atoms with van der Waals surface area (Å²) >= 11 is 7.68. The van der Waals surface area contributed by atoms with Gasteiger partial charge in [-0.15, -0.1) is 11.8 Å². The lowest BCUT2D eigenvalue weighted by molar-refractivity contribution is 0.290. The quantitative estimate of drug-likeness (QED) is 0.524. The zero-order chi connectivity index (χ0) is 5.28. The van der Waals surface area contributed by atoms with Crippen LogP contribution in [0.4, 0.5) is 0 Å². The first-order valence-corrected chi connectivity index (χ1v) is 4.08. The van der Waals surface area contributed by atoms with Crippen molar-refractivity contribution >= 4 is 39.3 Å². The van der Waals surface area contributed by atoms with Gasteiger partial charge >= 0.3 is 0 Å². The second-order valence-corrected chi connectivity index (χ2v) is 4.54. The predicted octanol–water partition coefficient (Wildman–Crippen LogP) is 1.07. The molecule has 0 saturated carbocycles. The number of hydrogen-bond donors (Lipinski definition) is 1. The second-order valence-electron chi connectivity index (χ2n) is 1.13. The van der Waals surface area contributed by atoms with E-state index in [-0.39, 0.29) is 5.44 Å². The molecule has 1 fully saturated rings. The van der Waals surface area contributed by atoms with Crippen molar-refractivity contribution in [3.63, 3.8) is 0 Å². The molecule has 1 aliphatic rings. The molecule has 0 radical (unpaired) electrons. The molecule has 0 aromatic heterocycles. The van der Waals surface area contributed by atoms with Gasteiger partial charge in [-0.25, -0.2) is 0 Å². The van der Waals surface area contributed by atoms with E-state index in [1.165, 1.54) is 11.8 Å². The summed E-state index contributed by atoms with van der Waals surface area (Å²) in [4.78, 5) is 0. The monoisotopic (exact) mass is 152 g/mol. The molecule has 1 heterocycles. The molecule has 7 heavy (non-hydrogen) atoms. The minimum Gasteiger partial charge on any atom is -0.381 e. The summed E-state index contributed by atoms with van der Waals surface area (Å²) in [5.74, 6) is 0.767. The van der Waals surface area contributed by atoms with Crippen LogP contribution >= 0.6 is 35.7 Å². The van der Waals surface area contributed by atoms with Gasteiger partial charge in [-0.05, 0) is 0 Å². The first-order chi connectivity index (χ1) is 3.29. The van der Waals surface area contributed by atoms with Gasteiger partial charge in [0.05, 0.1) is 0 Å². The molecule has 0 amide bonds. The minimum absolute atomic E-state index is 0.238. The first-order valence-electron chi connectivity index (χ1n) is 1.80. The largest absolute Gasteiger partial charge is 0.381 e. The van der Waals surface area contributed by atoms with E-state index < -0.39 is 0 Å². The molecule has 0 aromatic carbocycles. The van der Waals surface area contributed by atoms with E-state index in [1.807, 2.05) is 0 Å². The Kier molecular flexibility index (Phi) is 1.97. The normalized spacial score (nSPS) is 31.6. The van der Waals surface area contributed by atoms with E-state index >= 15 is 0 Å². The smallest absolute Gasteiger partial charge is 0.114 e. The predicted molar refractivity (Wildman–Crippen MR) is 38.7 cm³/mol. The zero-order valence-electron chi connectivity index (χ0n) is 3.46. The minimum atomic E-state index is -0.238. The molecule has 0 bridgehead atoms. The van der Waals surface area contributed by atoms with E-state index in [0.717, 1.165) is 9.28 Å². The summed E-state index contributed by atoms with van der Waals surface area (Å²) in [7, 11) is 0. The Balaban J connectivity index is 2.40. The lowest BCUT2D eigenvalue weighted by atomic mass is 10.9. The molecule has 40 valence electrons. The van der Waals surface area contributed by atoms with Crippen LogP contribution in [0.1, 0.15) is 0 Å². The van der Waals surface area contributed by atoms with Crippen molar-refractivity contribution in [1.82, 2.24) is 0 Å². The Morgan fingerprint density at radius 2 is 2.57 bits per heavy atom. The highest BCUT2D eigenvalue weighted by Crippen LogP contribution is 2.30. The fraction of sp³-hybridized carbons (Fsp3) is 0.667. The van der Waals surface area contributed by atoms with Gasteiger partial charge in [0.1, 0.15) is 8.96 Å². The van der Waals surface area contributed by atoms with E-state index in [0.29, 0.717) is 0 Å². The Morgan fingerprint density at radius 3 is 2.71 bits per heavy atom. The van der Waals surface area contributed by atoms with Crippen molar-refractivity contribution in [3.8, 4) is 0 Å². The SMILES string of the molecule is OC1CSC(=S)S1. The van der Waals surface area contributed by atoms with Crippen LogP contribution in [-0.2, 0) is 0 Å². The fourth-order valence-corrected chi connectivity index (χ4v) is 2.64. The van der Waals surface area contributed by atoms with Gasteiger partial charge in [-0.1, -0.05) is 24.0 Å². The lowest BCUT2D eigenvalue weighted by Gasteiger charge is -1.89. The molecular weight excluding hydrogens is 148 g/mol. The fourth-order valence-electron chi connectivity index (χ4n) is 0.318. The number of aliphatic hydroxyl groups is 1. The molecule has 1 unspecified atom stereocenters. The number of thiocarbonyl (C=S) groups is 1. The average molecular weight is 152 g/mol. The van der Waals surface area contributed by atoms with Crippen LogP contribution in [0.2, 0.25) is 0 Å². The maximum absolute atomic E-state index is 8.75. The van der Waals surface area contributed by atoms with Crippen molar-refractivity contribution < 1.29 is 5.11 Å². The molecular formula is C3H4OS3. The van der Waals surface area contributed by atoms with Gasteiger partial charge in [-0.2, -0.15) is 0 Å². The Morgan fingerprint density at radius 1 is 1.86 bits per heavy atom. The molecule has 0 spiro atoms.